The number of aromatic nitrogens is 14. The summed E-state index contributed by atoms with van der Waals surface area (Å²) in [6.45, 7) is 0. The van der Waals surface area contributed by atoms with E-state index in [0.717, 1.165) is 22.3 Å². The molecule has 0 aliphatic heterocycles. The molecule has 117 heavy (non-hydrogen) atoms. The molecule has 0 amide bonds. The Morgan fingerprint density at radius 1 is 0.205 bits per heavy atom. The fourth-order valence-electron chi connectivity index (χ4n) is 14.9. The Labute approximate surface area is 663 Å². The normalized spacial score (nSPS) is 11.5. The Hall–Kier alpha value is -16.1. The second-order valence-electron chi connectivity index (χ2n) is 27.7. The molecule has 20 aromatic rings. The summed E-state index contributed by atoms with van der Waals surface area (Å²) in [6.07, 6.45) is 0. The Morgan fingerprint density at radius 3 is 0.598 bits per heavy atom. The molecule has 0 spiro atoms. The zero-order chi connectivity index (χ0) is 78.8. The van der Waals surface area contributed by atoms with Gasteiger partial charge in [0.2, 0.25) is 5.82 Å². The van der Waals surface area contributed by atoms with E-state index in [1.807, 2.05) is 325 Å². The van der Waals surface area contributed by atoms with Crippen LogP contribution in [0.3, 0.4) is 0 Å². The van der Waals surface area contributed by atoms with Crippen molar-refractivity contribution in [2.45, 2.75) is 0 Å². The van der Waals surface area contributed by atoms with E-state index in [1.165, 1.54) is 12.1 Å². The zero-order valence-electron chi connectivity index (χ0n) is 61.3. The topological polar surface area (TPSA) is 188 Å². The first kappa shape index (κ1) is 70.0. The highest BCUT2D eigenvalue weighted by Crippen LogP contribution is 2.46. The molecule has 0 saturated carbocycles. The molecule has 0 aliphatic rings. The van der Waals surface area contributed by atoms with Gasteiger partial charge in [-0.2, -0.15) is 5.26 Å². The van der Waals surface area contributed by atoms with Crippen LogP contribution in [0.5, 0.6) is 0 Å². The molecule has 20 rings (SSSR count). The SMILES string of the molecule is N#Cc1cc(-n2c3cc(-c4nc(-c5ccccc5)nc(-c5ccccc5)n4)ccc3c3ccc(-c4nc(-c5ccccc5)nc(-c5ccccc5)n4)cc32)c(-n2c3cc(-c4nc(-c5ccccc5)nc(-c5ccccc5)n4)ccc3c3ccc(-c4nc(-c5ccccc5)nc(-c5ccccc5)n4)cc32)cc1-c1c(F)c(F)c(F)c(F)c1F. The van der Waals surface area contributed by atoms with Crippen molar-refractivity contribution in [1.82, 2.24) is 68.9 Å². The number of fused-ring (bicyclic) bond motifs is 6. The number of halogens is 5. The molecule has 0 aliphatic carbocycles. The number of hydrogen-bond donors (Lipinski definition) is 0. The van der Waals surface area contributed by atoms with Crippen LogP contribution in [0, 0.1) is 40.4 Å². The van der Waals surface area contributed by atoms with Gasteiger partial charge in [-0.3, -0.25) is 0 Å². The average Bonchev–Trinajstić information content (AvgIpc) is 1.56. The van der Waals surface area contributed by atoms with E-state index < -0.39 is 45.8 Å². The highest BCUT2D eigenvalue weighted by molar-refractivity contribution is 6.14. The summed E-state index contributed by atoms with van der Waals surface area (Å²) in [7, 11) is 0. The summed E-state index contributed by atoms with van der Waals surface area (Å²) in [5.74, 6) is -7.06. The quantitative estimate of drug-likeness (QED) is 0.0536. The third-order valence-electron chi connectivity index (χ3n) is 20.6. The lowest BCUT2D eigenvalue weighted by Gasteiger charge is -2.20. The zero-order valence-corrected chi connectivity index (χ0v) is 61.3. The van der Waals surface area contributed by atoms with Gasteiger partial charge in [0.05, 0.1) is 50.6 Å². The first-order chi connectivity index (χ1) is 57.5. The van der Waals surface area contributed by atoms with E-state index in [2.05, 4.69) is 6.07 Å². The van der Waals surface area contributed by atoms with Gasteiger partial charge in [-0.1, -0.05) is 291 Å². The number of nitriles is 1. The summed E-state index contributed by atoms with van der Waals surface area (Å²) in [5.41, 5.74) is 7.24. The molecule has 0 N–H and O–H groups in total. The molecule has 6 heterocycles. The van der Waals surface area contributed by atoms with Gasteiger partial charge in [0, 0.05) is 93.9 Å². The second-order valence-corrected chi connectivity index (χ2v) is 27.7. The van der Waals surface area contributed by atoms with Crippen molar-refractivity contribution < 1.29 is 22.0 Å². The maximum atomic E-state index is 17.3. The van der Waals surface area contributed by atoms with E-state index in [1.54, 1.807) is 0 Å². The average molecular weight is 1520 g/mol. The van der Waals surface area contributed by atoms with Gasteiger partial charge >= 0.3 is 0 Å². The van der Waals surface area contributed by atoms with Crippen LogP contribution in [0.4, 0.5) is 22.0 Å². The molecule has 0 unspecified atom stereocenters. The lowest BCUT2D eigenvalue weighted by atomic mass is 9.96. The van der Waals surface area contributed by atoms with Gasteiger partial charge < -0.3 is 9.13 Å². The van der Waals surface area contributed by atoms with Crippen molar-refractivity contribution in [2.75, 3.05) is 0 Å². The predicted octanol–water partition coefficient (Wildman–Crippen LogP) is 22.9. The van der Waals surface area contributed by atoms with Gasteiger partial charge in [-0.15, -0.1) is 0 Å². The highest BCUT2D eigenvalue weighted by atomic mass is 19.2. The molecule has 0 atom stereocenters. The van der Waals surface area contributed by atoms with Crippen molar-refractivity contribution in [3.8, 4) is 165 Å². The largest absolute Gasteiger partial charge is 0.307 e. The number of hydrogen-bond acceptors (Lipinski definition) is 13. The van der Waals surface area contributed by atoms with Gasteiger partial charge in [-0.05, 0) is 36.4 Å². The van der Waals surface area contributed by atoms with Crippen molar-refractivity contribution >= 4 is 43.6 Å². The Kier molecular flexibility index (Phi) is 17.5. The number of nitrogens with zero attached hydrogens (tertiary/aromatic N) is 15. The second kappa shape index (κ2) is 29.2. The van der Waals surface area contributed by atoms with Crippen LogP contribution in [0.15, 0.2) is 328 Å². The Morgan fingerprint density at radius 2 is 0.393 bits per heavy atom. The van der Waals surface area contributed by atoms with Gasteiger partial charge in [0.15, 0.2) is 93.2 Å². The number of benzene rings is 14. The van der Waals surface area contributed by atoms with Crippen LogP contribution in [0.1, 0.15) is 5.56 Å². The molecule has 6 aromatic heterocycles. The van der Waals surface area contributed by atoms with Gasteiger partial charge in [0.25, 0.3) is 0 Å². The van der Waals surface area contributed by atoms with Crippen molar-refractivity contribution in [1.29, 1.82) is 5.26 Å². The monoisotopic (exact) mass is 1520 g/mol. The first-order valence-corrected chi connectivity index (χ1v) is 37.3. The molecule has 0 saturated heterocycles. The van der Waals surface area contributed by atoms with E-state index in [9.17, 15) is 5.26 Å². The third-order valence-corrected chi connectivity index (χ3v) is 20.6. The van der Waals surface area contributed by atoms with Crippen LogP contribution in [-0.4, -0.2) is 68.9 Å². The van der Waals surface area contributed by atoms with Crippen LogP contribution in [0.2, 0.25) is 0 Å². The van der Waals surface area contributed by atoms with Crippen LogP contribution >= 0.6 is 0 Å². The van der Waals surface area contributed by atoms with E-state index in [-0.39, 0.29) is 34.7 Å². The van der Waals surface area contributed by atoms with Crippen LogP contribution in [0.25, 0.3) is 203 Å². The minimum Gasteiger partial charge on any atom is -0.307 e. The van der Waals surface area contributed by atoms with Crippen molar-refractivity contribution in [3.63, 3.8) is 0 Å². The lowest BCUT2D eigenvalue weighted by molar-refractivity contribution is 0.381. The Bertz CT molecular complexity index is 6740. The summed E-state index contributed by atoms with van der Waals surface area (Å²) >= 11 is 0. The van der Waals surface area contributed by atoms with E-state index in [0.29, 0.717) is 135 Å². The minimum absolute atomic E-state index is 0.0591. The Balaban J connectivity index is 0.932. The first-order valence-electron chi connectivity index (χ1n) is 37.3. The summed E-state index contributed by atoms with van der Waals surface area (Å²) in [5, 5.41) is 14.4. The van der Waals surface area contributed by atoms with Crippen molar-refractivity contribution in [3.05, 3.63) is 362 Å². The molecule has 552 valence electrons. The summed E-state index contributed by atoms with van der Waals surface area (Å²) in [6, 6.07) is 104. The fourth-order valence-corrected chi connectivity index (χ4v) is 14.9. The molecule has 15 nitrogen and oxygen atoms in total. The molecular formula is C97H54F5N15. The summed E-state index contributed by atoms with van der Waals surface area (Å²) in [4.78, 5) is 61.5. The molecule has 0 radical (unpaired) electrons. The summed E-state index contributed by atoms with van der Waals surface area (Å²) < 4.78 is 86.5. The van der Waals surface area contributed by atoms with E-state index >= 15 is 22.0 Å². The highest BCUT2D eigenvalue weighted by Gasteiger charge is 2.32. The smallest absolute Gasteiger partial charge is 0.200 e. The van der Waals surface area contributed by atoms with Crippen molar-refractivity contribution in [2.24, 2.45) is 0 Å². The predicted molar refractivity (Wildman–Crippen MR) is 444 cm³/mol. The maximum Gasteiger partial charge on any atom is 0.200 e. The van der Waals surface area contributed by atoms with Gasteiger partial charge in [-0.25, -0.2) is 81.8 Å². The maximum absolute atomic E-state index is 17.3. The third kappa shape index (κ3) is 12.8. The van der Waals surface area contributed by atoms with E-state index in [4.69, 9.17) is 59.8 Å². The van der Waals surface area contributed by atoms with Gasteiger partial charge in [0.1, 0.15) is 0 Å². The van der Waals surface area contributed by atoms with Crippen LogP contribution in [-0.2, 0) is 0 Å². The lowest BCUT2D eigenvalue weighted by Crippen LogP contribution is -2.09. The molecule has 0 fully saturated rings. The minimum atomic E-state index is -2.38. The molecular weight excluding hydrogens is 1470 g/mol. The standard InChI is InChI=1S/C97H54F5N15/c98-81-80(82(99)84(101)85(102)83(81)100)73-54-79(117-76-51-66(96-112-90(60-33-17-5-18-34-60)106-91(113-96)61-35-19-6-20-36-61)43-47-71(76)72-48-44-67(52-77(72)117)97-114-92(62-37-21-7-22-38-62)107-93(115-97)63-39-23-8-24-40-63)78(53-68(73)55-103)116-74-49-64(94-108-86(56-25-9-1-10-26-56)104-87(109-94)57-27-11-2-12-28-57)41-45-69(74)70-46-42-65(50-75(70)116)95-110-88(58-29-13-3-14-30-58)105-89(111-95)59-31-15-4-16-32-59/h1-54H. The molecule has 14 aromatic carbocycles. The van der Waals surface area contributed by atoms with Crippen LogP contribution < -0.4 is 0 Å². The fraction of sp³-hybridized carbons (Fsp3) is 0. The molecule has 20 heteroatoms. The number of rotatable bonds is 15. The molecule has 0 bridgehead atoms.